The van der Waals surface area contributed by atoms with Crippen LogP contribution in [0.2, 0.25) is 5.15 Å². The predicted octanol–water partition coefficient (Wildman–Crippen LogP) is 2.28. The van der Waals surface area contributed by atoms with Crippen molar-refractivity contribution in [2.45, 2.75) is 13.8 Å². The van der Waals surface area contributed by atoms with E-state index in [1.54, 1.807) is 32.0 Å². The Bertz CT molecular complexity index is 716. The predicted molar refractivity (Wildman–Crippen MR) is 80.0 cm³/mol. The van der Waals surface area contributed by atoms with Gasteiger partial charge in [0.2, 0.25) is 0 Å². The number of hydrogen-bond donors (Lipinski definition) is 1. The number of nitrogens with one attached hydrogen (secondary N) is 1. The molecule has 1 aromatic heterocycles. The Morgan fingerprint density at radius 2 is 1.70 bits per heavy atom. The van der Waals surface area contributed by atoms with E-state index >= 15 is 0 Å². The van der Waals surface area contributed by atoms with Gasteiger partial charge in [0.15, 0.2) is 11.0 Å². The van der Waals surface area contributed by atoms with E-state index in [1.807, 2.05) is 6.07 Å². The molecule has 1 N–H and O–H groups in total. The van der Waals surface area contributed by atoms with Gasteiger partial charge in [-0.3, -0.25) is 4.72 Å². The van der Waals surface area contributed by atoms with Crippen LogP contribution in [0.25, 0.3) is 11.0 Å². The minimum absolute atomic E-state index is 0.0273. The molecule has 0 radical (unpaired) electrons. The van der Waals surface area contributed by atoms with Crippen LogP contribution >= 0.6 is 11.6 Å². The highest BCUT2D eigenvalue weighted by Gasteiger charge is 2.21. The largest absolute Gasteiger partial charge is 0.302 e. The molecule has 0 saturated heterocycles. The molecule has 0 fully saturated rings. The molecule has 1 aromatic carbocycles. The smallest absolute Gasteiger partial charge is 0.252 e. The average Bonchev–Trinajstić information content (AvgIpc) is 2.40. The maximum Gasteiger partial charge on any atom is 0.302 e. The molecule has 0 saturated carbocycles. The maximum absolute atomic E-state index is 12.1. The van der Waals surface area contributed by atoms with Gasteiger partial charge in [0, 0.05) is 13.1 Å². The molecule has 0 atom stereocenters. The third kappa shape index (κ3) is 3.00. The average molecular weight is 315 g/mol. The Kier molecular flexibility index (Phi) is 4.42. The van der Waals surface area contributed by atoms with Crippen molar-refractivity contribution >= 4 is 38.7 Å². The summed E-state index contributed by atoms with van der Waals surface area (Å²) in [5.41, 5.74) is 1.19. The number of anilines is 1. The fourth-order valence-electron chi connectivity index (χ4n) is 1.79. The standard InChI is InChI=1S/C12H15ClN4O2S/c1-3-17(4-2)20(18,19)16-12-11(13)14-9-7-5-6-8-10(9)15-12/h5-8H,3-4H2,1-2H3,(H,15,16). The summed E-state index contributed by atoms with van der Waals surface area (Å²) in [4.78, 5) is 8.33. The van der Waals surface area contributed by atoms with Crippen LogP contribution < -0.4 is 4.72 Å². The zero-order valence-electron chi connectivity index (χ0n) is 11.2. The van der Waals surface area contributed by atoms with Crippen LogP contribution in [0.15, 0.2) is 24.3 Å². The van der Waals surface area contributed by atoms with E-state index < -0.39 is 10.2 Å². The summed E-state index contributed by atoms with van der Waals surface area (Å²) in [5.74, 6) is 0.0391. The normalized spacial score (nSPS) is 12.0. The first-order valence-corrected chi connectivity index (χ1v) is 8.00. The van der Waals surface area contributed by atoms with Crippen molar-refractivity contribution in [1.82, 2.24) is 14.3 Å². The molecule has 0 unspecified atom stereocenters. The number of rotatable bonds is 5. The first-order chi connectivity index (χ1) is 9.47. The lowest BCUT2D eigenvalue weighted by molar-refractivity contribution is 0.449. The molecule has 0 aliphatic rings. The van der Waals surface area contributed by atoms with Crippen LogP contribution in [0, 0.1) is 0 Å². The van der Waals surface area contributed by atoms with Crippen LogP contribution in [-0.2, 0) is 10.2 Å². The van der Waals surface area contributed by atoms with Gasteiger partial charge in [-0.15, -0.1) is 0 Å². The molecule has 0 spiro atoms. The van der Waals surface area contributed by atoms with Crippen molar-refractivity contribution in [3.63, 3.8) is 0 Å². The van der Waals surface area contributed by atoms with Gasteiger partial charge in [-0.1, -0.05) is 37.6 Å². The molecule has 20 heavy (non-hydrogen) atoms. The second kappa shape index (κ2) is 5.90. The highest BCUT2D eigenvalue weighted by molar-refractivity contribution is 7.90. The number of hydrogen-bond acceptors (Lipinski definition) is 4. The van der Waals surface area contributed by atoms with E-state index in [0.717, 1.165) is 0 Å². The topological polar surface area (TPSA) is 75.2 Å². The first-order valence-electron chi connectivity index (χ1n) is 6.18. The summed E-state index contributed by atoms with van der Waals surface area (Å²) in [5, 5.41) is 0.0273. The van der Waals surface area contributed by atoms with Crippen molar-refractivity contribution in [3.8, 4) is 0 Å². The lowest BCUT2D eigenvalue weighted by atomic mass is 10.3. The zero-order valence-corrected chi connectivity index (χ0v) is 12.7. The van der Waals surface area contributed by atoms with E-state index in [9.17, 15) is 8.42 Å². The van der Waals surface area contributed by atoms with Crippen molar-refractivity contribution in [2.75, 3.05) is 17.8 Å². The summed E-state index contributed by atoms with van der Waals surface area (Å²) in [7, 11) is -3.67. The molecule has 0 amide bonds. The zero-order chi connectivity index (χ0) is 14.8. The van der Waals surface area contributed by atoms with Crippen molar-refractivity contribution in [3.05, 3.63) is 29.4 Å². The van der Waals surface area contributed by atoms with E-state index in [-0.39, 0.29) is 11.0 Å². The summed E-state index contributed by atoms with van der Waals surface area (Å²) in [6.07, 6.45) is 0. The van der Waals surface area contributed by atoms with E-state index in [2.05, 4.69) is 14.7 Å². The third-order valence-corrected chi connectivity index (χ3v) is 4.71. The van der Waals surface area contributed by atoms with Gasteiger partial charge in [-0.25, -0.2) is 9.97 Å². The van der Waals surface area contributed by atoms with Gasteiger partial charge in [-0.05, 0) is 12.1 Å². The third-order valence-electron chi connectivity index (χ3n) is 2.80. The van der Waals surface area contributed by atoms with Gasteiger partial charge in [0.05, 0.1) is 11.0 Å². The summed E-state index contributed by atoms with van der Waals surface area (Å²) >= 11 is 5.98. The van der Waals surface area contributed by atoms with Gasteiger partial charge >= 0.3 is 10.2 Å². The number of fused-ring (bicyclic) bond motifs is 1. The minimum atomic E-state index is -3.67. The molecule has 6 nitrogen and oxygen atoms in total. The molecule has 8 heteroatoms. The SMILES string of the molecule is CCN(CC)S(=O)(=O)Nc1nc2ccccc2nc1Cl. The molecule has 108 valence electrons. The van der Waals surface area contributed by atoms with Gasteiger partial charge in [-0.2, -0.15) is 12.7 Å². The second-order valence-corrected chi connectivity index (χ2v) is 6.07. The fraction of sp³-hybridized carbons (Fsp3) is 0.333. The first kappa shape index (κ1) is 15.0. The maximum atomic E-state index is 12.1. The Labute approximate surface area is 123 Å². The lowest BCUT2D eigenvalue weighted by Gasteiger charge is -2.19. The molecular formula is C12H15ClN4O2S. The molecular weight excluding hydrogens is 300 g/mol. The van der Waals surface area contributed by atoms with Crippen molar-refractivity contribution < 1.29 is 8.42 Å². The van der Waals surface area contributed by atoms with Crippen LogP contribution in [0.3, 0.4) is 0 Å². The van der Waals surface area contributed by atoms with Crippen LogP contribution in [0.5, 0.6) is 0 Å². The summed E-state index contributed by atoms with van der Waals surface area (Å²) in [6.45, 7) is 4.25. The Hall–Kier alpha value is -1.44. The minimum Gasteiger partial charge on any atom is -0.252 e. The van der Waals surface area contributed by atoms with Gasteiger partial charge in [0.1, 0.15) is 0 Å². The van der Waals surface area contributed by atoms with Gasteiger partial charge < -0.3 is 0 Å². The quantitative estimate of drug-likeness (QED) is 0.918. The van der Waals surface area contributed by atoms with Crippen molar-refractivity contribution in [2.24, 2.45) is 0 Å². The van der Waals surface area contributed by atoms with Gasteiger partial charge in [0.25, 0.3) is 0 Å². The highest BCUT2D eigenvalue weighted by Crippen LogP contribution is 2.22. The fourth-order valence-corrected chi connectivity index (χ4v) is 3.23. The van der Waals surface area contributed by atoms with Crippen LogP contribution in [0.4, 0.5) is 5.82 Å². The molecule has 2 rings (SSSR count). The molecule has 1 heterocycles. The van der Waals surface area contributed by atoms with Crippen LogP contribution in [-0.4, -0.2) is 35.8 Å². The monoisotopic (exact) mass is 314 g/mol. The molecule has 2 aromatic rings. The number of para-hydroxylation sites is 2. The summed E-state index contributed by atoms with van der Waals surface area (Å²) in [6, 6.07) is 7.12. The lowest BCUT2D eigenvalue weighted by Crippen LogP contribution is -2.35. The highest BCUT2D eigenvalue weighted by atomic mass is 35.5. The molecule has 0 aliphatic heterocycles. The number of benzene rings is 1. The van der Waals surface area contributed by atoms with E-state index in [1.165, 1.54) is 4.31 Å². The van der Waals surface area contributed by atoms with E-state index in [0.29, 0.717) is 24.1 Å². The molecule has 0 bridgehead atoms. The number of halogens is 1. The number of nitrogens with zero attached hydrogens (tertiary/aromatic N) is 3. The van der Waals surface area contributed by atoms with Crippen molar-refractivity contribution in [1.29, 1.82) is 0 Å². The van der Waals surface area contributed by atoms with Crippen LogP contribution in [0.1, 0.15) is 13.8 Å². The Morgan fingerprint density at radius 3 is 2.25 bits per heavy atom. The van der Waals surface area contributed by atoms with E-state index in [4.69, 9.17) is 11.6 Å². The molecule has 0 aliphatic carbocycles. The second-order valence-electron chi connectivity index (χ2n) is 4.04. The summed E-state index contributed by atoms with van der Waals surface area (Å²) < 4.78 is 27.9. The Balaban J connectivity index is 2.41. The Morgan fingerprint density at radius 1 is 1.15 bits per heavy atom. The number of aromatic nitrogens is 2.